The average Bonchev–Trinajstić information content (AvgIpc) is 3.66. The lowest BCUT2D eigenvalue weighted by Crippen LogP contribution is -2.55. The van der Waals surface area contributed by atoms with Gasteiger partial charge in [-0.25, -0.2) is 4.85 Å². The molecule has 4 aromatic rings. The van der Waals surface area contributed by atoms with Crippen molar-refractivity contribution in [2.24, 2.45) is 5.92 Å². The Labute approximate surface area is 312 Å². The number of H-pyrrole nitrogens is 1. The van der Waals surface area contributed by atoms with Crippen molar-refractivity contribution < 1.29 is 24.0 Å². The monoisotopic (exact) mass is 723 g/mol. The minimum atomic E-state index is -0.973. The molecular weight excluding hydrogens is 683 g/mol. The number of hydrogen-bond donors (Lipinski definition) is 2. The second-order valence-electron chi connectivity index (χ2n) is 15.8. The van der Waals surface area contributed by atoms with Gasteiger partial charge in [-0.05, 0) is 60.4 Å². The van der Waals surface area contributed by atoms with Gasteiger partial charge in [0.2, 0.25) is 11.8 Å². The summed E-state index contributed by atoms with van der Waals surface area (Å²) in [7, 11) is 0. The Hall–Kier alpha value is -5.80. The molecule has 3 aromatic carbocycles. The number of ketones is 1. The zero-order valence-corrected chi connectivity index (χ0v) is 30.6. The number of amides is 4. The van der Waals surface area contributed by atoms with Crippen LogP contribution in [-0.2, 0) is 21.4 Å². The number of aryl methyl sites for hydroxylation is 1. The molecule has 274 valence electrons. The van der Waals surface area contributed by atoms with Gasteiger partial charge >= 0.3 is 0 Å². The van der Waals surface area contributed by atoms with E-state index in [-0.39, 0.29) is 18.6 Å². The van der Waals surface area contributed by atoms with Crippen LogP contribution in [-0.4, -0.2) is 96.1 Å². The van der Waals surface area contributed by atoms with Crippen LogP contribution in [0.5, 0.6) is 0 Å². The predicted octanol–water partition coefficient (Wildman–Crippen LogP) is 4.81. The molecule has 3 fully saturated rings. The Morgan fingerprint density at radius 1 is 0.870 bits per heavy atom. The van der Waals surface area contributed by atoms with Gasteiger partial charge in [-0.2, -0.15) is 0 Å². The van der Waals surface area contributed by atoms with Gasteiger partial charge in [0.05, 0.1) is 23.3 Å². The highest BCUT2D eigenvalue weighted by atomic mass is 16.2. The molecule has 4 aliphatic heterocycles. The Morgan fingerprint density at radius 2 is 1.63 bits per heavy atom. The summed E-state index contributed by atoms with van der Waals surface area (Å²) in [6.07, 6.45) is 1.05. The third-order valence-electron chi connectivity index (χ3n) is 12.3. The van der Waals surface area contributed by atoms with Gasteiger partial charge in [0, 0.05) is 97.1 Å². The summed E-state index contributed by atoms with van der Waals surface area (Å²) in [5.41, 5.74) is 8.21. The summed E-state index contributed by atoms with van der Waals surface area (Å²) < 4.78 is 0. The Bertz CT molecular complexity index is 2370. The first-order valence-electron chi connectivity index (χ1n) is 18.8. The summed E-state index contributed by atoms with van der Waals surface area (Å²) in [4.78, 5) is 79.9. The van der Waals surface area contributed by atoms with E-state index in [1.54, 1.807) is 18.2 Å². The molecule has 12 nitrogen and oxygen atoms in total. The molecule has 1 unspecified atom stereocenters. The number of hydrogen-bond acceptors (Lipinski definition) is 8. The topological polar surface area (TPSA) is 130 Å². The second-order valence-corrected chi connectivity index (χ2v) is 15.8. The van der Waals surface area contributed by atoms with Crippen LogP contribution in [0, 0.1) is 12.5 Å². The smallest absolute Gasteiger partial charge is 0.262 e. The lowest BCUT2D eigenvalue weighted by atomic mass is 9.70. The van der Waals surface area contributed by atoms with Gasteiger partial charge < -0.3 is 14.8 Å². The summed E-state index contributed by atoms with van der Waals surface area (Å²) in [6, 6.07) is 14.2. The number of carbonyl (C=O) groups excluding carboxylic acids is 5. The largest absolute Gasteiger partial charge is 0.371 e. The number of nitrogens with zero attached hydrogens (tertiary/aromatic N) is 5. The molecular formula is C42H41N7O5. The Balaban J connectivity index is 0.848. The first-order chi connectivity index (χ1) is 26.0. The maximum absolute atomic E-state index is 14.1. The van der Waals surface area contributed by atoms with Crippen LogP contribution in [0.2, 0.25) is 0 Å². The quantitative estimate of drug-likeness (QED) is 0.214. The Morgan fingerprint density at radius 3 is 2.35 bits per heavy atom. The van der Waals surface area contributed by atoms with Crippen molar-refractivity contribution in [3.05, 3.63) is 99.0 Å². The molecule has 0 saturated carbocycles. The number of nitrogens with one attached hydrogen (secondary N) is 2. The van der Waals surface area contributed by atoms with Crippen molar-refractivity contribution >= 4 is 57.4 Å². The van der Waals surface area contributed by atoms with E-state index in [9.17, 15) is 24.0 Å². The molecule has 12 heteroatoms. The van der Waals surface area contributed by atoms with Crippen LogP contribution < -0.4 is 15.1 Å². The molecule has 5 heterocycles. The molecule has 5 aliphatic rings. The molecule has 9 rings (SSSR count). The highest BCUT2D eigenvalue weighted by molar-refractivity contribution is 6.24. The van der Waals surface area contributed by atoms with Crippen LogP contribution in [0.15, 0.2) is 48.5 Å². The van der Waals surface area contributed by atoms with Crippen molar-refractivity contribution in [3.63, 3.8) is 0 Å². The van der Waals surface area contributed by atoms with Crippen LogP contribution in [0.3, 0.4) is 0 Å². The first kappa shape index (κ1) is 34.0. The summed E-state index contributed by atoms with van der Waals surface area (Å²) in [5.74, 6) is -1.47. The van der Waals surface area contributed by atoms with Crippen LogP contribution >= 0.6 is 0 Å². The van der Waals surface area contributed by atoms with Crippen molar-refractivity contribution in [2.75, 3.05) is 55.6 Å². The van der Waals surface area contributed by atoms with E-state index in [0.29, 0.717) is 28.3 Å². The number of imide groups is 2. The number of fused-ring (bicyclic) bond motifs is 5. The molecule has 1 atom stereocenters. The van der Waals surface area contributed by atoms with Gasteiger partial charge in [0.25, 0.3) is 11.8 Å². The van der Waals surface area contributed by atoms with Crippen LogP contribution in [0.4, 0.5) is 17.1 Å². The SMILES string of the molecule is [C-]#[N+]c1ccc2c3c([nH]c2c1)C(C)(C)c1cc(N2CCN(CC4CN(c5ccc6c(c5)C(=O)N(C5CCC(=O)NC5=O)C6=O)C4)CC2)c(CC)cc1C3=O. The highest BCUT2D eigenvalue weighted by Gasteiger charge is 2.45. The van der Waals surface area contributed by atoms with Crippen molar-refractivity contribution in [3.8, 4) is 0 Å². The molecule has 4 amide bonds. The van der Waals surface area contributed by atoms with Gasteiger partial charge in [-0.1, -0.05) is 32.9 Å². The molecule has 0 bridgehead atoms. The number of benzene rings is 3. The maximum atomic E-state index is 14.1. The number of aromatic nitrogens is 1. The standard InChI is InChI=1S/C42H41N7O5/c1-5-24-16-30-31(42(2,3)38-36(37(30)51)28-8-6-25(43-4)17-32(28)44-38)19-34(24)47-14-12-46(13-15-47)20-23-21-48(22-23)26-7-9-27-29(18-26)41(54)49(40(27)53)33-10-11-35(50)45-39(33)52/h6-9,16-19,23,33,44H,5,10-15,20-22H2,1-3H3,(H,45,50,52). The van der Waals surface area contributed by atoms with E-state index in [0.717, 1.165) is 90.5 Å². The van der Waals surface area contributed by atoms with Crippen molar-refractivity contribution in [1.82, 2.24) is 20.1 Å². The van der Waals surface area contributed by atoms with E-state index in [1.165, 1.54) is 11.3 Å². The molecule has 54 heavy (non-hydrogen) atoms. The molecule has 0 spiro atoms. The van der Waals surface area contributed by atoms with E-state index in [1.807, 2.05) is 18.2 Å². The molecule has 1 aromatic heterocycles. The fourth-order valence-electron chi connectivity index (χ4n) is 9.23. The molecule has 1 aliphatic carbocycles. The number of carbonyl (C=O) groups is 5. The molecule has 2 N–H and O–H groups in total. The number of piperazine rings is 1. The summed E-state index contributed by atoms with van der Waals surface area (Å²) >= 11 is 0. The number of rotatable bonds is 6. The van der Waals surface area contributed by atoms with Gasteiger partial charge in [0.1, 0.15) is 6.04 Å². The van der Waals surface area contributed by atoms with Gasteiger partial charge in [-0.15, -0.1) is 0 Å². The fraction of sp³-hybridized carbons (Fsp3) is 0.381. The molecule has 0 radical (unpaired) electrons. The van der Waals surface area contributed by atoms with Crippen LogP contribution in [0.1, 0.15) is 87.1 Å². The second kappa shape index (κ2) is 12.4. The van der Waals surface area contributed by atoms with E-state index in [2.05, 4.69) is 62.7 Å². The molecule has 3 saturated heterocycles. The van der Waals surface area contributed by atoms with Gasteiger partial charge in [0.15, 0.2) is 11.5 Å². The third-order valence-corrected chi connectivity index (χ3v) is 12.3. The average molecular weight is 724 g/mol. The first-order valence-corrected chi connectivity index (χ1v) is 18.8. The fourth-order valence-corrected chi connectivity index (χ4v) is 9.23. The summed E-state index contributed by atoms with van der Waals surface area (Å²) in [6.45, 7) is 20.2. The zero-order valence-electron chi connectivity index (χ0n) is 30.6. The minimum absolute atomic E-state index is 0.0379. The normalized spacial score (nSPS) is 21.2. The highest BCUT2D eigenvalue weighted by Crippen LogP contribution is 2.46. The van der Waals surface area contributed by atoms with Crippen molar-refractivity contribution in [1.29, 1.82) is 0 Å². The maximum Gasteiger partial charge on any atom is 0.262 e. The van der Waals surface area contributed by atoms with Crippen LogP contribution in [0.25, 0.3) is 15.7 Å². The lowest BCUT2D eigenvalue weighted by molar-refractivity contribution is -0.136. The lowest BCUT2D eigenvalue weighted by Gasteiger charge is -2.45. The third kappa shape index (κ3) is 5.16. The summed E-state index contributed by atoms with van der Waals surface area (Å²) in [5, 5.41) is 3.11. The predicted molar refractivity (Wildman–Crippen MR) is 203 cm³/mol. The van der Waals surface area contributed by atoms with Gasteiger partial charge in [-0.3, -0.25) is 39.1 Å². The zero-order chi connectivity index (χ0) is 37.6. The number of piperidine rings is 1. The minimum Gasteiger partial charge on any atom is -0.371 e. The van der Waals surface area contributed by atoms with E-state index < -0.39 is 35.1 Å². The van der Waals surface area contributed by atoms with E-state index >= 15 is 0 Å². The Kier molecular flexibility index (Phi) is 7.80. The van der Waals surface area contributed by atoms with Crippen molar-refractivity contribution in [2.45, 2.75) is 51.5 Å². The number of aromatic amines is 1. The van der Waals surface area contributed by atoms with E-state index in [4.69, 9.17) is 6.57 Å². The number of anilines is 2.